The number of fused-ring (bicyclic) bond motifs is 5. The minimum atomic E-state index is -1.72. The van der Waals surface area contributed by atoms with E-state index >= 15 is 0 Å². The van der Waals surface area contributed by atoms with Crippen LogP contribution in [0.1, 0.15) is 59.1 Å². The number of hydrogen-bond donors (Lipinski definition) is 7. The summed E-state index contributed by atoms with van der Waals surface area (Å²) >= 11 is 0. The van der Waals surface area contributed by atoms with Gasteiger partial charge in [-0.25, -0.2) is 4.89 Å². The van der Waals surface area contributed by atoms with Crippen molar-refractivity contribution in [1.82, 2.24) is 0 Å². The molecule has 4 aliphatic rings. The van der Waals surface area contributed by atoms with Crippen LogP contribution in [0.3, 0.4) is 0 Å². The standard InChI is InChI=1S/C30H43NO9/c1-14-17(24(40-38)23(34)21(31)16-9-7-6-8-10-16)12-30(37)15(2)25-28(5,18(32)11-19-29(25,36)13-39-19)26(35)22(33)20(14)27(30,3)4/h6-10,15,17-19,21-25,32-34,36-38H,11-13,31H2,1-5H3/t15?,17?,18?,19?,21?,22?,23?,24?,25?,28-,29?,30?/m1/s1. The largest absolute Gasteiger partial charge is 0.392 e. The number of benzene rings is 1. The Hall–Kier alpha value is -1.73. The fourth-order valence-electron chi connectivity index (χ4n) is 8.87. The lowest BCUT2D eigenvalue weighted by Crippen LogP contribution is -2.78. The van der Waals surface area contributed by atoms with E-state index in [1.165, 1.54) is 0 Å². The van der Waals surface area contributed by atoms with Crippen LogP contribution in [0.5, 0.6) is 0 Å². The van der Waals surface area contributed by atoms with Gasteiger partial charge < -0.3 is 36.0 Å². The van der Waals surface area contributed by atoms with Gasteiger partial charge in [0.2, 0.25) is 0 Å². The van der Waals surface area contributed by atoms with Crippen molar-refractivity contribution in [3.05, 3.63) is 47.0 Å². The second-order valence-corrected chi connectivity index (χ2v) is 13.3. The summed E-state index contributed by atoms with van der Waals surface area (Å²) in [5.74, 6) is -3.25. The molecule has 1 aromatic rings. The predicted octanol–water partition coefficient (Wildman–Crippen LogP) is 1.10. The van der Waals surface area contributed by atoms with Crippen molar-refractivity contribution < 1.29 is 45.2 Å². The smallest absolute Gasteiger partial charge is 0.174 e. The lowest BCUT2D eigenvalue weighted by atomic mass is 9.42. The topological polar surface area (TPSA) is 183 Å². The second kappa shape index (κ2) is 9.65. The average Bonchev–Trinajstić information content (AvgIpc) is 2.92. The van der Waals surface area contributed by atoms with Crippen LogP contribution in [-0.4, -0.2) is 84.9 Å². The highest BCUT2D eigenvalue weighted by atomic mass is 17.1. The van der Waals surface area contributed by atoms with E-state index in [2.05, 4.69) is 0 Å². The van der Waals surface area contributed by atoms with Crippen molar-refractivity contribution in [2.75, 3.05) is 6.61 Å². The van der Waals surface area contributed by atoms with E-state index in [1.807, 2.05) is 6.07 Å². The Morgan fingerprint density at radius 1 is 1.12 bits per heavy atom. The number of carbonyl (C=O) groups excluding carboxylic acids is 1. The van der Waals surface area contributed by atoms with Crippen LogP contribution in [-0.2, 0) is 14.4 Å². The molecule has 3 fully saturated rings. The summed E-state index contributed by atoms with van der Waals surface area (Å²) in [7, 11) is 0. The summed E-state index contributed by atoms with van der Waals surface area (Å²) in [5.41, 5.74) is 1.80. The third-order valence-corrected chi connectivity index (χ3v) is 11.4. The van der Waals surface area contributed by atoms with Crippen molar-refractivity contribution in [3.63, 3.8) is 0 Å². The van der Waals surface area contributed by atoms with Gasteiger partial charge in [0.25, 0.3) is 0 Å². The molecule has 10 nitrogen and oxygen atoms in total. The summed E-state index contributed by atoms with van der Waals surface area (Å²) in [5, 5.41) is 69.0. The molecule has 0 aromatic heterocycles. The highest BCUT2D eigenvalue weighted by Crippen LogP contribution is 2.65. The Labute approximate surface area is 234 Å². The zero-order valence-corrected chi connectivity index (χ0v) is 23.7. The average molecular weight is 562 g/mol. The summed E-state index contributed by atoms with van der Waals surface area (Å²) in [6.45, 7) is 8.43. The molecule has 11 unspecified atom stereocenters. The molecule has 0 radical (unpaired) electrons. The Bertz CT molecular complexity index is 1190. The first-order valence-corrected chi connectivity index (χ1v) is 14.1. The van der Waals surface area contributed by atoms with Crippen LogP contribution in [0, 0.1) is 28.6 Å². The number of aliphatic hydroxyl groups excluding tert-OH is 3. The number of carbonyl (C=O) groups is 1. The number of ether oxygens (including phenoxy) is 1. The molecule has 2 bridgehead atoms. The number of hydrogen-bond acceptors (Lipinski definition) is 10. The van der Waals surface area contributed by atoms with E-state index in [0.29, 0.717) is 11.1 Å². The molecule has 8 N–H and O–H groups in total. The van der Waals surface area contributed by atoms with Crippen LogP contribution in [0.15, 0.2) is 41.5 Å². The van der Waals surface area contributed by atoms with E-state index in [0.717, 1.165) is 0 Å². The molecule has 1 aliphatic heterocycles. The maximum Gasteiger partial charge on any atom is 0.174 e. The number of aliphatic hydroxyl groups is 5. The minimum Gasteiger partial charge on any atom is -0.392 e. The van der Waals surface area contributed by atoms with Crippen LogP contribution >= 0.6 is 0 Å². The van der Waals surface area contributed by atoms with E-state index in [1.54, 1.807) is 58.9 Å². The molecule has 1 heterocycles. The first-order chi connectivity index (χ1) is 18.6. The zero-order chi connectivity index (χ0) is 29.6. The maximum absolute atomic E-state index is 14.2. The second-order valence-electron chi connectivity index (χ2n) is 13.3. The molecular formula is C30H43NO9. The summed E-state index contributed by atoms with van der Waals surface area (Å²) < 4.78 is 5.59. The summed E-state index contributed by atoms with van der Waals surface area (Å²) in [4.78, 5) is 19.1. The normalized spacial score (nSPS) is 44.9. The molecule has 0 spiro atoms. The van der Waals surface area contributed by atoms with Gasteiger partial charge in [-0.15, -0.1) is 0 Å². The first kappa shape index (κ1) is 29.8. The molecule has 2 saturated carbocycles. The maximum atomic E-state index is 14.2. The van der Waals surface area contributed by atoms with Gasteiger partial charge in [-0.05, 0) is 37.3 Å². The molecule has 222 valence electrons. The van der Waals surface area contributed by atoms with Gasteiger partial charge in [0.05, 0.1) is 35.9 Å². The molecular weight excluding hydrogens is 518 g/mol. The van der Waals surface area contributed by atoms with Crippen molar-refractivity contribution in [3.8, 4) is 0 Å². The highest BCUT2D eigenvalue weighted by Gasteiger charge is 2.74. The molecule has 0 amide bonds. The predicted molar refractivity (Wildman–Crippen MR) is 144 cm³/mol. The van der Waals surface area contributed by atoms with Gasteiger partial charge in [-0.3, -0.25) is 10.1 Å². The van der Waals surface area contributed by atoms with E-state index in [9.17, 15) is 35.6 Å². The highest BCUT2D eigenvalue weighted by molar-refractivity contribution is 5.93. The molecule has 1 aromatic carbocycles. The van der Waals surface area contributed by atoms with Gasteiger partial charge in [-0.1, -0.05) is 56.7 Å². The minimum absolute atomic E-state index is 0.0289. The third kappa shape index (κ3) is 3.71. The SMILES string of the molecule is CC1=C2C(O)C(=O)[C@]3(C)C(O)CC4OCC4(O)C3C(C)C(O)(CC1C(OO)C(O)C(N)c1ccccc1)C2(C)C. The molecule has 12 atom stereocenters. The van der Waals surface area contributed by atoms with E-state index in [4.69, 9.17) is 15.4 Å². The first-order valence-electron chi connectivity index (χ1n) is 14.1. The van der Waals surface area contributed by atoms with Gasteiger partial charge >= 0.3 is 0 Å². The number of nitrogens with two attached hydrogens (primary N) is 1. The van der Waals surface area contributed by atoms with E-state index in [-0.39, 0.29) is 25.0 Å². The lowest BCUT2D eigenvalue weighted by molar-refractivity contribution is -0.339. The molecule has 5 rings (SSSR count). The third-order valence-electron chi connectivity index (χ3n) is 11.4. The molecule has 10 heteroatoms. The van der Waals surface area contributed by atoms with Crippen molar-refractivity contribution in [1.29, 1.82) is 0 Å². The van der Waals surface area contributed by atoms with Gasteiger partial charge in [-0.2, -0.15) is 0 Å². The lowest BCUT2D eigenvalue weighted by Gasteiger charge is -2.67. The zero-order valence-electron chi connectivity index (χ0n) is 23.7. The quantitative estimate of drug-likeness (QED) is 0.156. The summed E-state index contributed by atoms with van der Waals surface area (Å²) in [6.07, 6.45) is -6.39. The van der Waals surface area contributed by atoms with Gasteiger partial charge in [0, 0.05) is 23.7 Å². The molecule has 1 saturated heterocycles. The van der Waals surface area contributed by atoms with Crippen LogP contribution < -0.4 is 5.73 Å². The number of Topliss-reactive ketones (excluding diaryl/α,β-unsaturated/α-hetero) is 1. The fraction of sp³-hybridized carbons (Fsp3) is 0.700. The fourth-order valence-corrected chi connectivity index (χ4v) is 8.87. The Kier molecular flexibility index (Phi) is 7.18. The number of ketones is 1. The van der Waals surface area contributed by atoms with Crippen molar-refractivity contribution in [2.24, 2.45) is 34.3 Å². The summed E-state index contributed by atoms with van der Waals surface area (Å²) in [6, 6.07) is 7.90. The number of rotatable bonds is 5. The Balaban J connectivity index is 1.67. The van der Waals surface area contributed by atoms with Crippen LogP contribution in [0.2, 0.25) is 0 Å². The Morgan fingerprint density at radius 2 is 1.75 bits per heavy atom. The molecule has 3 aliphatic carbocycles. The van der Waals surface area contributed by atoms with Crippen LogP contribution in [0.25, 0.3) is 0 Å². The van der Waals surface area contributed by atoms with Crippen molar-refractivity contribution >= 4 is 5.78 Å². The van der Waals surface area contributed by atoms with Crippen LogP contribution in [0.4, 0.5) is 0 Å². The monoisotopic (exact) mass is 561 g/mol. The van der Waals surface area contributed by atoms with E-state index < -0.39 is 82.1 Å². The van der Waals surface area contributed by atoms with Gasteiger partial charge in [0.15, 0.2) is 5.78 Å². The van der Waals surface area contributed by atoms with Gasteiger partial charge in [0.1, 0.15) is 23.9 Å². The van der Waals surface area contributed by atoms with Crippen molar-refractivity contribution in [2.45, 2.75) is 95.2 Å². The molecule has 40 heavy (non-hydrogen) atoms. The Morgan fingerprint density at radius 3 is 2.30 bits per heavy atom.